The molecule has 0 aromatic rings. The molecule has 0 bridgehead atoms. The third-order valence-electron chi connectivity index (χ3n) is 5.39. The molecule has 1 saturated heterocycles. The van der Waals surface area contributed by atoms with Gasteiger partial charge in [-0.15, -0.1) is 0 Å². The maximum Gasteiger partial charge on any atom is 0.324 e. The van der Waals surface area contributed by atoms with Crippen LogP contribution in [0.5, 0.6) is 0 Å². The Morgan fingerprint density at radius 1 is 1.26 bits per heavy atom. The normalized spacial score (nSPS) is 36.5. The first-order valence-corrected chi connectivity index (χ1v) is 8.16. The van der Waals surface area contributed by atoms with Gasteiger partial charge in [0.15, 0.2) is 0 Å². The zero-order valence-corrected chi connectivity index (χ0v) is 12.5. The van der Waals surface area contributed by atoms with E-state index in [1.807, 2.05) is 0 Å². The van der Waals surface area contributed by atoms with Crippen molar-refractivity contribution < 1.29 is 9.90 Å². The van der Waals surface area contributed by atoms with Crippen LogP contribution in [-0.2, 0) is 4.79 Å². The van der Waals surface area contributed by atoms with E-state index in [1.165, 1.54) is 32.1 Å². The summed E-state index contributed by atoms with van der Waals surface area (Å²) >= 11 is 0. The summed E-state index contributed by atoms with van der Waals surface area (Å²) in [5.74, 6) is 0.134. The number of likely N-dealkylation sites (tertiary alicyclic amines) is 1. The summed E-state index contributed by atoms with van der Waals surface area (Å²) in [5.41, 5.74) is -0.551. The zero-order valence-electron chi connectivity index (χ0n) is 12.5. The molecule has 0 spiro atoms. The molecular formula is C16H29NO2. The van der Waals surface area contributed by atoms with Gasteiger partial charge in [-0.25, -0.2) is 0 Å². The van der Waals surface area contributed by atoms with Gasteiger partial charge in [0.05, 0.1) is 0 Å². The van der Waals surface area contributed by atoms with Crippen LogP contribution in [0.2, 0.25) is 0 Å². The quantitative estimate of drug-likeness (QED) is 0.826. The highest BCUT2D eigenvalue weighted by atomic mass is 16.4. The smallest absolute Gasteiger partial charge is 0.324 e. The van der Waals surface area contributed by atoms with Gasteiger partial charge in [0.2, 0.25) is 0 Å². The van der Waals surface area contributed by atoms with Crippen molar-refractivity contribution in [2.45, 2.75) is 83.2 Å². The molecule has 2 fully saturated rings. The van der Waals surface area contributed by atoms with Crippen LogP contribution in [0, 0.1) is 5.92 Å². The van der Waals surface area contributed by atoms with E-state index in [9.17, 15) is 9.90 Å². The van der Waals surface area contributed by atoms with Crippen molar-refractivity contribution in [1.82, 2.24) is 4.90 Å². The van der Waals surface area contributed by atoms with Crippen molar-refractivity contribution in [3.05, 3.63) is 0 Å². The van der Waals surface area contributed by atoms with Crippen molar-refractivity contribution in [3.8, 4) is 0 Å². The van der Waals surface area contributed by atoms with Crippen molar-refractivity contribution in [1.29, 1.82) is 0 Å². The van der Waals surface area contributed by atoms with Crippen LogP contribution in [0.4, 0.5) is 0 Å². The number of carboxylic acids is 1. The van der Waals surface area contributed by atoms with E-state index < -0.39 is 11.5 Å². The number of hydrogen-bond acceptors (Lipinski definition) is 2. The number of carboxylic acid groups (broad SMARTS) is 1. The van der Waals surface area contributed by atoms with Gasteiger partial charge >= 0.3 is 5.97 Å². The third kappa shape index (κ3) is 2.67. The minimum absolute atomic E-state index is 0.518. The Balaban J connectivity index is 2.22. The Bertz CT molecular complexity index is 318. The molecular weight excluding hydrogens is 238 g/mol. The van der Waals surface area contributed by atoms with E-state index in [4.69, 9.17) is 0 Å². The maximum atomic E-state index is 11.9. The number of hydrogen-bond donors (Lipinski definition) is 1. The molecule has 1 N–H and O–H groups in total. The predicted molar refractivity (Wildman–Crippen MR) is 77.3 cm³/mol. The standard InChI is InChI=1S/C16H29NO2/c1-3-10-16(15(18)19)11-7-12-17(16)14-9-6-5-8-13(14)4-2/h13-14H,3-12H2,1-2H3,(H,18,19). The van der Waals surface area contributed by atoms with Gasteiger partial charge in [0.25, 0.3) is 0 Å². The summed E-state index contributed by atoms with van der Waals surface area (Å²) in [7, 11) is 0. The van der Waals surface area contributed by atoms with Crippen LogP contribution in [0.25, 0.3) is 0 Å². The number of aliphatic carboxylic acids is 1. The van der Waals surface area contributed by atoms with Gasteiger partial charge in [0.1, 0.15) is 5.54 Å². The molecule has 3 atom stereocenters. The molecule has 1 aliphatic heterocycles. The molecule has 0 amide bonds. The van der Waals surface area contributed by atoms with E-state index in [0.29, 0.717) is 12.0 Å². The van der Waals surface area contributed by atoms with Crippen molar-refractivity contribution in [3.63, 3.8) is 0 Å². The summed E-state index contributed by atoms with van der Waals surface area (Å²) in [6.07, 6.45) is 9.99. The molecule has 0 aromatic heterocycles. The zero-order chi connectivity index (χ0) is 13.9. The lowest BCUT2D eigenvalue weighted by atomic mass is 9.79. The van der Waals surface area contributed by atoms with Crippen molar-refractivity contribution in [2.24, 2.45) is 5.92 Å². The van der Waals surface area contributed by atoms with Gasteiger partial charge < -0.3 is 5.11 Å². The SMILES string of the molecule is CCCC1(C(=O)O)CCCN1C1CCCCC1CC. The summed E-state index contributed by atoms with van der Waals surface area (Å²) in [6, 6.07) is 0.518. The third-order valence-corrected chi connectivity index (χ3v) is 5.39. The van der Waals surface area contributed by atoms with Crippen LogP contribution < -0.4 is 0 Å². The van der Waals surface area contributed by atoms with Crippen LogP contribution >= 0.6 is 0 Å². The molecule has 19 heavy (non-hydrogen) atoms. The second-order valence-corrected chi connectivity index (χ2v) is 6.40. The average molecular weight is 267 g/mol. The Morgan fingerprint density at radius 2 is 2.00 bits per heavy atom. The molecule has 0 aromatic carbocycles. The molecule has 3 nitrogen and oxygen atoms in total. The first-order valence-electron chi connectivity index (χ1n) is 8.16. The lowest BCUT2D eigenvalue weighted by molar-refractivity contribution is -0.153. The second kappa shape index (κ2) is 6.25. The Morgan fingerprint density at radius 3 is 2.63 bits per heavy atom. The van der Waals surface area contributed by atoms with Crippen LogP contribution in [0.3, 0.4) is 0 Å². The fourth-order valence-electron chi connectivity index (χ4n) is 4.48. The van der Waals surface area contributed by atoms with Gasteiger partial charge in [-0.3, -0.25) is 9.69 Å². The fraction of sp³-hybridized carbons (Fsp3) is 0.938. The molecule has 1 saturated carbocycles. The first-order chi connectivity index (χ1) is 9.15. The molecule has 0 radical (unpaired) electrons. The molecule has 110 valence electrons. The van der Waals surface area contributed by atoms with E-state index in [2.05, 4.69) is 18.7 Å². The monoisotopic (exact) mass is 267 g/mol. The number of carbonyl (C=O) groups is 1. The number of rotatable bonds is 5. The maximum absolute atomic E-state index is 11.9. The lowest BCUT2D eigenvalue weighted by Gasteiger charge is -2.45. The van der Waals surface area contributed by atoms with E-state index in [-0.39, 0.29) is 0 Å². The van der Waals surface area contributed by atoms with E-state index in [1.54, 1.807) is 0 Å². The van der Waals surface area contributed by atoms with E-state index >= 15 is 0 Å². The highest BCUT2D eigenvalue weighted by molar-refractivity contribution is 5.79. The number of nitrogens with zero attached hydrogens (tertiary/aromatic N) is 1. The van der Waals surface area contributed by atoms with Crippen LogP contribution in [-0.4, -0.2) is 34.1 Å². The molecule has 3 unspecified atom stereocenters. The molecule has 1 aliphatic carbocycles. The van der Waals surface area contributed by atoms with Crippen LogP contribution in [0.15, 0.2) is 0 Å². The predicted octanol–water partition coefficient (Wildman–Crippen LogP) is 3.67. The first kappa shape index (κ1) is 14.8. The summed E-state index contributed by atoms with van der Waals surface area (Å²) in [6.45, 7) is 5.37. The van der Waals surface area contributed by atoms with Gasteiger partial charge in [-0.1, -0.05) is 39.5 Å². The van der Waals surface area contributed by atoms with Crippen molar-refractivity contribution in [2.75, 3.05) is 6.54 Å². The summed E-state index contributed by atoms with van der Waals surface area (Å²) in [5, 5.41) is 9.81. The molecule has 2 aliphatic rings. The van der Waals surface area contributed by atoms with Crippen LogP contribution in [0.1, 0.15) is 71.6 Å². The molecule has 2 rings (SSSR count). The second-order valence-electron chi connectivity index (χ2n) is 6.40. The molecule has 1 heterocycles. The minimum atomic E-state index is -0.577. The highest BCUT2D eigenvalue weighted by Crippen LogP contribution is 2.41. The Labute approximate surface area is 117 Å². The van der Waals surface area contributed by atoms with Gasteiger partial charge in [0, 0.05) is 6.04 Å². The average Bonchev–Trinajstić information content (AvgIpc) is 2.84. The minimum Gasteiger partial charge on any atom is -0.480 e. The topological polar surface area (TPSA) is 40.5 Å². The summed E-state index contributed by atoms with van der Waals surface area (Å²) < 4.78 is 0. The highest BCUT2D eigenvalue weighted by Gasteiger charge is 2.50. The largest absolute Gasteiger partial charge is 0.480 e. The summed E-state index contributed by atoms with van der Waals surface area (Å²) in [4.78, 5) is 14.3. The Kier molecular flexibility index (Phi) is 4.88. The van der Waals surface area contributed by atoms with Gasteiger partial charge in [-0.2, -0.15) is 0 Å². The van der Waals surface area contributed by atoms with Crippen molar-refractivity contribution >= 4 is 5.97 Å². The lowest BCUT2D eigenvalue weighted by Crippen LogP contribution is -2.57. The molecule has 3 heteroatoms. The Hall–Kier alpha value is -0.570. The fourth-order valence-corrected chi connectivity index (χ4v) is 4.48. The van der Waals surface area contributed by atoms with E-state index in [0.717, 1.165) is 32.2 Å². The van der Waals surface area contributed by atoms with Gasteiger partial charge in [-0.05, 0) is 44.6 Å².